The van der Waals surface area contributed by atoms with E-state index in [2.05, 4.69) is 10.0 Å². The monoisotopic (exact) mass is 476 g/mol. The lowest BCUT2D eigenvalue weighted by molar-refractivity contribution is -0.126. The maximum absolute atomic E-state index is 13.0. The molecule has 6 nitrogen and oxygen atoms in total. The molecule has 0 saturated heterocycles. The third kappa shape index (κ3) is 6.54. The van der Waals surface area contributed by atoms with Gasteiger partial charge in [0.1, 0.15) is 11.6 Å². The topological polar surface area (TPSA) is 84.5 Å². The molecule has 0 bridgehead atoms. The van der Waals surface area contributed by atoms with Crippen LogP contribution in [-0.2, 0) is 26.8 Å². The average molecular weight is 477 g/mol. The number of methoxy groups -OCH3 is 1. The molecule has 0 aromatic heterocycles. The fraction of sp³-hybridized carbons (Fsp3) is 0.480. The van der Waals surface area contributed by atoms with Crippen molar-refractivity contribution < 1.29 is 22.3 Å². The van der Waals surface area contributed by atoms with E-state index in [9.17, 15) is 17.6 Å². The van der Waals surface area contributed by atoms with E-state index in [1.807, 2.05) is 20.8 Å². The summed E-state index contributed by atoms with van der Waals surface area (Å²) in [6.07, 6.45) is 2.41. The van der Waals surface area contributed by atoms with Crippen molar-refractivity contribution in [2.45, 2.75) is 69.4 Å². The number of rotatable bonds is 7. The Morgan fingerprint density at radius 3 is 2.27 bits per heavy atom. The van der Waals surface area contributed by atoms with Crippen molar-refractivity contribution in [3.63, 3.8) is 0 Å². The Morgan fingerprint density at radius 2 is 1.70 bits per heavy atom. The van der Waals surface area contributed by atoms with Crippen molar-refractivity contribution in [1.29, 1.82) is 0 Å². The SMILES string of the molecule is COc1ccc(S(=O)(=O)NC2CCC(C(=O)NCc3ccc(F)cc3)CC2)cc1C(C)(C)C. The Morgan fingerprint density at radius 1 is 1.06 bits per heavy atom. The van der Waals surface area contributed by atoms with Gasteiger partial charge in [-0.3, -0.25) is 4.79 Å². The molecule has 0 spiro atoms. The van der Waals surface area contributed by atoms with Gasteiger partial charge in [0.15, 0.2) is 0 Å². The first kappa shape index (κ1) is 25.2. The number of sulfonamides is 1. The molecule has 1 aliphatic carbocycles. The van der Waals surface area contributed by atoms with E-state index in [1.54, 1.807) is 37.4 Å². The molecule has 0 heterocycles. The fourth-order valence-electron chi connectivity index (χ4n) is 4.14. The van der Waals surface area contributed by atoms with Gasteiger partial charge in [0.25, 0.3) is 0 Å². The predicted octanol–water partition coefficient (Wildman–Crippen LogP) is 4.29. The van der Waals surface area contributed by atoms with Crippen LogP contribution >= 0.6 is 0 Å². The lowest BCUT2D eigenvalue weighted by Gasteiger charge is -2.28. The lowest BCUT2D eigenvalue weighted by Crippen LogP contribution is -2.40. The van der Waals surface area contributed by atoms with Gasteiger partial charge in [-0.05, 0) is 67.0 Å². The van der Waals surface area contributed by atoms with Crippen molar-refractivity contribution in [3.05, 3.63) is 59.4 Å². The number of hydrogen-bond donors (Lipinski definition) is 2. The smallest absolute Gasteiger partial charge is 0.240 e. The minimum Gasteiger partial charge on any atom is -0.496 e. The van der Waals surface area contributed by atoms with Gasteiger partial charge in [0.05, 0.1) is 12.0 Å². The predicted molar refractivity (Wildman–Crippen MR) is 126 cm³/mol. The number of ether oxygens (including phenoxy) is 1. The second kappa shape index (κ2) is 10.2. The summed E-state index contributed by atoms with van der Waals surface area (Å²) < 4.78 is 47.3. The van der Waals surface area contributed by atoms with Crippen LogP contribution in [0.3, 0.4) is 0 Å². The first-order chi connectivity index (χ1) is 15.5. The first-order valence-corrected chi connectivity index (χ1v) is 12.7. The van der Waals surface area contributed by atoms with E-state index in [0.717, 1.165) is 11.1 Å². The summed E-state index contributed by atoms with van der Waals surface area (Å²) in [5.74, 6) is 0.147. The van der Waals surface area contributed by atoms with Crippen LogP contribution in [0.25, 0.3) is 0 Å². The second-order valence-corrected chi connectivity index (χ2v) is 11.3. The van der Waals surface area contributed by atoms with Crippen LogP contribution in [0.2, 0.25) is 0 Å². The van der Waals surface area contributed by atoms with Crippen LogP contribution in [-0.4, -0.2) is 27.5 Å². The van der Waals surface area contributed by atoms with Crippen LogP contribution in [0.15, 0.2) is 47.4 Å². The number of carbonyl (C=O) groups is 1. The maximum atomic E-state index is 13.0. The zero-order valence-corrected chi connectivity index (χ0v) is 20.5. The fourth-order valence-corrected chi connectivity index (χ4v) is 5.47. The quantitative estimate of drug-likeness (QED) is 0.625. The number of amides is 1. The molecule has 0 aliphatic heterocycles. The minimum absolute atomic E-state index is 0.0504. The number of carbonyl (C=O) groups excluding carboxylic acids is 1. The highest BCUT2D eigenvalue weighted by Gasteiger charge is 2.30. The molecule has 0 unspecified atom stereocenters. The van der Waals surface area contributed by atoms with E-state index in [4.69, 9.17) is 4.74 Å². The van der Waals surface area contributed by atoms with Crippen molar-refractivity contribution in [1.82, 2.24) is 10.0 Å². The summed E-state index contributed by atoms with van der Waals surface area (Å²) >= 11 is 0. The van der Waals surface area contributed by atoms with Crippen molar-refractivity contribution >= 4 is 15.9 Å². The number of halogens is 1. The Bertz CT molecular complexity index is 1070. The molecule has 1 fully saturated rings. The number of hydrogen-bond acceptors (Lipinski definition) is 4. The van der Waals surface area contributed by atoms with E-state index < -0.39 is 10.0 Å². The summed E-state index contributed by atoms with van der Waals surface area (Å²) in [4.78, 5) is 12.7. The molecule has 0 atom stereocenters. The molecule has 8 heteroatoms. The highest BCUT2D eigenvalue weighted by Crippen LogP contribution is 2.33. The Balaban J connectivity index is 1.56. The van der Waals surface area contributed by atoms with Gasteiger partial charge in [0, 0.05) is 24.1 Å². The molecule has 1 aliphatic rings. The summed E-state index contributed by atoms with van der Waals surface area (Å²) in [5, 5.41) is 2.90. The minimum atomic E-state index is -3.69. The first-order valence-electron chi connectivity index (χ1n) is 11.2. The number of nitrogens with one attached hydrogen (secondary N) is 2. The summed E-state index contributed by atoms with van der Waals surface area (Å²) in [7, 11) is -2.12. The largest absolute Gasteiger partial charge is 0.496 e. The molecule has 1 amide bonds. The molecule has 180 valence electrons. The van der Waals surface area contributed by atoms with Crippen molar-refractivity contribution in [2.75, 3.05) is 7.11 Å². The lowest BCUT2D eigenvalue weighted by atomic mass is 9.86. The second-order valence-electron chi connectivity index (χ2n) is 9.63. The zero-order valence-electron chi connectivity index (χ0n) is 19.7. The van der Waals surface area contributed by atoms with Gasteiger partial charge in [-0.2, -0.15) is 0 Å². The summed E-state index contributed by atoms with van der Waals surface area (Å²) in [6, 6.07) is 10.7. The Hall–Kier alpha value is -2.45. The molecule has 1 saturated carbocycles. The van der Waals surface area contributed by atoms with Crippen LogP contribution in [0.1, 0.15) is 57.6 Å². The van der Waals surface area contributed by atoms with Gasteiger partial charge in [-0.1, -0.05) is 32.9 Å². The Kier molecular flexibility index (Phi) is 7.80. The third-order valence-electron chi connectivity index (χ3n) is 6.09. The van der Waals surface area contributed by atoms with Gasteiger partial charge in [-0.25, -0.2) is 17.5 Å². The summed E-state index contributed by atoms with van der Waals surface area (Å²) in [6.45, 7) is 6.38. The Labute approximate surface area is 196 Å². The standard InChI is InChI=1S/C25H33FN2O4S/c1-25(2,3)22-15-21(13-14-23(22)32-4)33(30,31)28-20-11-7-18(8-12-20)24(29)27-16-17-5-9-19(26)10-6-17/h5-6,9-10,13-15,18,20,28H,7-8,11-12,16H2,1-4H3,(H,27,29). The van der Waals surface area contributed by atoms with E-state index in [-0.39, 0.29) is 34.0 Å². The van der Waals surface area contributed by atoms with E-state index in [0.29, 0.717) is 38.0 Å². The van der Waals surface area contributed by atoms with Crippen LogP contribution in [0, 0.1) is 11.7 Å². The zero-order chi connectivity index (χ0) is 24.2. The average Bonchev–Trinajstić information content (AvgIpc) is 2.77. The van der Waals surface area contributed by atoms with Crippen molar-refractivity contribution in [3.8, 4) is 5.75 Å². The molecule has 2 aromatic rings. The number of benzene rings is 2. The maximum Gasteiger partial charge on any atom is 0.240 e. The molecule has 0 radical (unpaired) electrons. The van der Waals surface area contributed by atoms with Crippen LogP contribution in [0.5, 0.6) is 5.75 Å². The van der Waals surface area contributed by atoms with Gasteiger partial charge in [-0.15, -0.1) is 0 Å². The highest BCUT2D eigenvalue weighted by atomic mass is 32.2. The normalized spacial score (nSPS) is 19.2. The van der Waals surface area contributed by atoms with Crippen LogP contribution in [0.4, 0.5) is 4.39 Å². The van der Waals surface area contributed by atoms with Crippen molar-refractivity contribution in [2.24, 2.45) is 5.92 Å². The van der Waals surface area contributed by atoms with Gasteiger partial charge >= 0.3 is 0 Å². The van der Waals surface area contributed by atoms with E-state index in [1.165, 1.54) is 12.1 Å². The molecular weight excluding hydrogens is 443 g/mol. The van der Waals surface area contributed by atoms with Gasteiger partial charge in [0.2, 0.25) is 15.9 Å². The molecule has 3 rings (SSSR count). The highest BCUT2D eigenvalue weighted by molar-refractivity contribution is 7.89. The summed E-state index contributed by atoms with van der Waals surface area (Å²) in [5.41, 5.74) is 1.39. The van der Waals surface area contributed by atoms with E-state index >= 15 is 0 Å². The molecule has 2 aromatic carbocycles. The molecular formula is C25H33FN2O4S. The molecule has 33 heavy (non-hydrogen) atoms. The van der Waals surface area contributed by atoms with Crippen LogP contribution < -0.4 is 14.8 Å². The molecule has 2 N–H and O–H groups in total. The third-order valence-corrected chi connectivity index (χ3v) is 7.61. The van der Waals surface area contributed by atoms with Gasteiger partial charge < -0.3 is 10.1 Å².